The Bertz CT molecular complexity index is 336. The Balaban J connectivity index is 2.52. The summed E-state index contributed by atoms with van der Waals surface area (Å²) < 4.78 is 10.4. The standard InChI is InChI=1S/C13H22N2O2/c1-10(8-13(2,3)17-5)15-11-6-7-12(16-4)14-9-11/h6-7,9-10,15H,8H2,1-5H3. The second-order valence-electron chi connectivity index (χ2n) is 4.80. The summed E-state index contributed by atoms with van der Waals surface area (Å²) in [5.74, 6) is 0.625. The van der Waals surface area contributed by atoms with Crippen molar-refractivity contribution in [1.82, 2.24) is 4.98 Å². The Kier molecular flexibility index (Phi) is 4.75. The van der Waals surface area contributed by atoms with Crippen molar-refractivity contribution >= 4 is 5.69 Å². The van der Waals surface area contributed by atoms with Crippen LogP contribution in [-0.4, -0.2) is 30.8 Å². The van der Waals surface area contributed by atoms with E-state index in [0.29, 0.717) is 11.9 Å². The van der Waals surface area contributed by atoms with Gasteiger partial charge in [0.05, 0.1) is 24.6 Å². The summed E-state index contributed by atoms with van der Waals surface area (Å²) in [5, 5.41) is 3.39. The van der Waals surface area contributed by atoms with Gasteiger partial charge in [0.1, 0.15) is 0 Å². The molecule has 1 heterocycles. The zero-order valence-electron chi connectivity index (χ0n) is 11.3. The molecule has 4 heteroatoms. The minimum Gasteiger partial charge on any atom is -0.481 e. The van der Waals surface area contributed by atoms with E-state index in [4.69, 9.17) is 9.47 Å². The van der Waals surface area contributed by atoms with Crippen LogP contribution < -0.4 is 10.1 Å². The summed E-state index contributed by atoms with van der Waals surface area (Å²) in [6, 6.07) is 4.12. The van der Waals surface area contributed by atoms with Crippen molar-refractivity contribution < 1.29 is 9.47 Å². The monoisotopic (exact) mass is 238 g/mol. The first-order valence-corrected chi connectivity index (χ1v) is 5.78. The van der Waals surface area contributed by atoms with Gasteiger partial charge in [0, 0.05) is 19.2 Å². The van der Waals surface area contributed by atoms with Crippen LogP contribution in [0, 0.1) is 0 Å². The van der Waals surface area contributed by atoms with Gasteiger partial charge in [-0.3, -0.25) is 0 Å². The fraction of sp³-hybridized carbons (Fsp3) is 0.615. The van der Waals surface area contributed by atoms with Gasteiger partial charge in [-0.2, -0.15) is 0 Å². The second kappa shape index (κ2) is 5.87. The quantitative estimate of drug-likeness (QED) is 0.827. The number of aromatic nitrogens is 1. The van der Waals surface area contributed by atoms with Gasteiger partial charge in [-0.15, -0.1) is 0 Å². The molecule has 0 amide bonds. The van der Waals surface area contributed by atoms with Gasteiger partial charge >= 0.3 is 0 Å². The van der Waals surface area contributed by atoms with Crippen molar-refractivity contribution in [1.29, 1.82) is 0 Å². The van der Waals surface area contributed by atoms with Crippen molar-refractivity contribution in [2.75, 3.05) is 19.5 Å². The highest BCUT2D eigenvalue weighted by Crippen LogP contribution is 2.19. The number of rotatable bonds is 6. The highest BCUT2D eigenvalue weighted by Gasteiger charge is 2.19. The molecule has 0 saturated carbocycles. The van der Waals surface area contributed by atoms with Crippen LogP contribution in [0.4, 0.5) is 5.69 Å². The minimum atomic E-state index is -0.119. The maximum Gasteiger partial charge on any atom is 0.213 e. The summed E-state index contributed by atoms with van der Waals surface area (Å²) in [7, 11) is 3.35. The molecule has 96 valence electrons. The zero-order valence-corrected chi connectivity index (χ0v) is 11.3. The van der Waals surface area contributed by atoms with E-state index in [1.165, 1.54) is 0 Å². The van der Waals surface area contributed by atoms with Crippen molar-refractivity contribution in [3.63, 3.8) is 0 Å². The number of ether oxygens (including phenoxy) is 2. The van der Waals surface area contributed by atoms with Crippen LogP contribution >= 0.6 is 0 Å². The van der Waals surface area contributed by atoms with E-state index in [1.54, 1.807) is 20.4 Å². The van der Waals surface area contributed by atoms with Crippen molar-refractivity contribution in [2.45, 2.75) is 38.8 Å². The smallest absolute Gasteiger partial charge is 0.213 e. The summed E-state index contributed by atoms with van der Waals surface area (Å²) in [5.41, 5.74) is 0.872. The van der Waals surface area contributed by atoms with E-state index >= 15 is 0 Å². The topological polar surface area (TPSA) is 43.4 Å². The second-order valence-corrected chi connectivity index (χ2v) is 4.80. The van der Waals surface area contributed by atoms with Crippen molar-refractivity contribution in [3.8, 4) is 5.88 Å². The number of nitrogens with one attached hydrogen (secondary N) is 1. The van der Waals surface area contributed by atoms with Crippen LogP contribution in [0.3, 0.4) is 0 Å². The average molecular weight is 238 g/mol. The number of anilines is 1. The van der Waals surface area contributed by atoms with Gasteiger partial charge in [-0.25, -0.2) is 4.98 Å². The van der Waals surface area contributed by atoms with E-state index in [9.17, 15) is 0 Å². The number of hydrogen-bond acceptors (Lipinski definition) is 4. The van der Waals surface area contributed by atoms with Crippen molar-refractivity contribution in [2.24, 2.45) is 0 Å². The Labute approximate surface area is 103 Å². The van der Waals surface area contributed by atoms with Gasteiger partial charge < -0.3 is 14.8 Å². The molecule has 0 aromatic carbocycles. The Morgan fingerprint density at radius 2 is 2.06 bits per heavy atom. The molecule has 0 spiro atoms. The molecule has 1 N–H and O–H groups in total. The number of hydrogen-bond donors (Lipinski definition) is 1. The molecule has 0 aliphatic heterocycles. The maximum absolute atomic E-state index is 5.41. The van der Waals surface area contributed by atoms with E-state index in [1.807, 2.05) is 12.1 Å². The zero-order chi connectivity index (χ0) is 12.9. The Morgan fingerprint density at radius 1 is 1.35 bits per heavy atom. The first-order chi connectivity index (χ1) is 7.96. The number of pyridine rings is 1. The van der Waals surface area contributed by atoms with Crippen LogP contribution in [0.5, 0.6) is 5.88 Å². The molecule has 1 unspecified atom stereocenters. The van der Waals surface area contributed by atoms with Crippen LogP contribution in [0.15, 0.2) is 18.3 Å². The lowest BCUT2D eigenvalue weighted by molar-refractivity contribution is 0.0128. The average Bonchev–Trinajstić information content (AvgIpc) is 2.29. The Hall–Kier alpha value is -1.29. The SMILES string of the molecule is COc1ccc(NC(C)CC(C)(C)OC)cn1. The van der Waals surface area contributed by atoms with Crippen LogP contribution in [-0.2, 0) is 4.74 Å². The van der Waals surface area contributed by atoms with Crippen molar-refractivity contribution in [3.05, 3.63) is 18.3 Å². The molecule has 1 atom stereocenters. The van der Waals surface area contributed by atoms with E-state index in [2.05, 4.69) is 31.1 Å². The molecule has 0 aliphatic carbocycles. The number of nitrogens with zero attached hydrogens (tertiary/aromatic N) is 1. The molecule has 0 aliphatic rings. The molecule has 1 aromatic heterocycles. The van der Waals surface area contributed by atoms with Gasteiger partial charge in [0.2, 0.25) is 5.88 Å². The summed E-state index contributed by atoms with van der Waals surface area (Å²) in [4.78, 5) is 4.15. The normalized spacial score (nSPS) is 13.2. The molecule has 0 saturated heterocycles. The molecule has 4 nitrogen and oxygen atoms in total. The molecule has 0 radical (unpaired) electrons. The third kappa shape index (κ3) is 4.61. The van der Waals surface area contributed by atoms with Gasteiger partial charge in [0.25, 0.3) is 0 Å². The third-order valence-electron chi connectivity index (χ3n) is 2.71. The lowest BCUT2D eigenvalue weighted by atomic mass is 10.00. The van der Waals surface area contributed by atoms with Crippen LogP contribution in [0.1, 0.15) is 27.2 Å². The predicted octanol–water partition coefficient (Wildman–Crippen LogP) is 2.71. The summed E-state index contributed by atoms with van der Waals surface area (Å²) in [6.07, 6.45) is 2.70. The number of methoxy groups -OCH3 is 2. The van der Waals surface area contributed by atoms with Gasteiger partial charge in [-0.1, -0.05) is 0 Å². The summed E-state index contributed by atoms with van der Waals surface area (Å²) in [6.45, 7) is 6.29. The first-order valence-electron chi connectivity index (χ1n) is 5.78. The molecule has 1 rings (SSSR count). The Morgan fingerprint density at radius 3 is 2.53 bits per heavy atom. The largest absolute Gasteiger partial charge is 0.481 e. The summed E-state index contributed by atoms with van der Waals surface area (Å²) >= 11 is 0. The maximum atomic E-state index is 5.41. The van der Waals surface area contributed by atoms with E-state index < -0.39 is 0 Å². The fourth-order valence-corrected chi connectivity index (χ4v) is 1.74. The van der Waals surface area contributed by atoms with Gasteiger partial charge in [-0.05, 0) is 33.3 Å². The molecule has 17 heavy (non-hydrogen) atoms. The van der Waals surface area contributed by atoms with E-state index in [0.717, 1.165) is 12.1 Å². The predicted molar refractivity (Wildman–Crippen MR) is 69.6 cm³/mol. The lowest BCUT2D eigenvalue weighted by Crippen LogP contribution is -2.31. The highest BCUT2D eigenvalue weighted by molar-refractivity contribution is 5.42. The van der Waals surface area contributed by atoms with Gasteiger partial charge in [0.15, 0.2) is 0 Å². The highest BCUT2D eigenvalue weighted by atomic mass is 16.5. The van der Waals surface area contributed by atoms with Crippen LogP contribution in [0.25, 0.3) is 0 Å². The molecule has 0 fully saturated rings. The molecular formula is C13H22N2O2. The fourth-order valence-electron chi connectivity index (χ4n) is 1.74. The molecule has 0 bridgehead atoms. The molecular weight excluding hydrogens is 216 g/mol. The minimum absolute atomic E-state index is 0.119. The molecule has 1 aromatic rings. The third-order valence-corrected chi connectivity index (χ3v) is 2.71. The van der Waals surface area contributed by atoms with E-state index in [-0.39, 0.29) is 5.60 Å². The lowest BCUT2D eigenvalue weighted by Gasteiger charge is -2.27. The van der Waals surface area contributed by atoms with Crippen LogP contribution in [0.2, 0.25) is 0 Å². The first kappa shape index (κ1) is 13.8.